The van der Waals surface area contributed by atoms with Crippen molar-refractivity contribution in [1.82, 2.24) is 9.88 Å². The molecule has 0 unspecified atom stereocenters. The molecule has 1 aromatic heterocycles. The van der Waals surface area contributed by atoms with Crippen molar-refractivity contribution in [2.45, 2.75) is 32.2 Å². The molecule has 0 aliphatic carbocycles. The second-order valence-electron chi connectivity index (χ2n) is 6.00. The number of likely N-dealkylation sites (tertiary alicyclic amines) is 1. The van der Waals surface area contributed by atoms with Gasteiger partial charge in [-0.3, -0.25) is 4.79 Å². The van der Waals surface area contributed by atoms with E-state index in [-0.39, 0.29) is 5.69 Å². The zero-order chi connectivity index (χ0) is 18.0. The molecule has 1 saturated heterocycles. The third-order valence-electron chi connectivity index (χ3n) is 4.38. The summed E-state index contributed by atoms with van der Waals surface area (Å²) in [5.41, 5.74) is 0.885. The maximum Gasteiger partial charge on any atom is 0.326 e. The molecule has 2 heterocycles. The molecule has 0 saturated carbocycles. The van der Waals surface area contributed by atoms with E-state index in [4.69, 9.17) is 9.15 Å². The summed E-state index contributed by atoms with van der Waals surface area (Å²) in [6.07, 6.45) is 2.05. The summed E-state index contributed by atoms with van der Waals surface area (Å²) in [7, 11) is 1.58. The van der Waals surface area contributed by atoms with Crippen molar-refractivity contribution < 1.29 is 23.8 Å². The summed E-state index contributed by atoms with van der Waals surface area (Å²) in [4.78, 5) is 29.9. The van der Waals surface area contributed by atoms with Crippen molar-refractivity contribution in [1.29, 1.82) is 0 Å². The van der Waals surface area contributed by atoms with Crippen molar-refractivity contribution >= 4 is 11.9 Å². The Morgan fingerprint density at radius 2 is 2.00 bits per heavy atom. The maximum atomic E-state index is 12.8. The highest BCUT2D eigenvalue weighted by molar-refractivity contribution is 5.96. The molecule has 0 radical (unpaired) electrons. The molecule has 1 aliphatic rings. The molecule has 2 aromatic rings. The number of hydrogen-bond donors (Lipinski definition) is 1. The predicted molar refractivity (Wildman–Crippen MR) is 89.5 cm³/mol. The fraction of sp³-hybridized carbons (Fsp3) is 0.389. The lowest BCUT2D eigenvalue weighted by atomic mass is 10.0. The minimum absolute atomic E-state index is 0.166. The molecular weight excluding hydrogens is 324 g/mol. The summed E-state index contributed by atoms with van der Waals surface area (Å²) < 4.78 is 10.8. The van der Waals surface area contributed by atoms with Crippen molar-refractivity contribution in [3.05, 3.63) is 35.7 Å². The van der Waals surface area contributed by atoms with Crippen LogP contribution < -0.4 is 4.74 Å². The van der Waals surface area contributed by atoms with E-state index in [9.17, 15) is 14.7 Å². The molecule has 1 aliphatic heterocycles. The molecule has 3 rings (SSSR count). The molecule has 25 heavy (non-hydrogen) atoms. The molecule has 0 spiro atoms. The fourth-order valence-corrected chi connectivity index (χ4v) is 3.02. The lowest BCUT2D eigenvalue weighted by molar-refractivity contribution is -0.143. The average Bonchev–Trinajstić information content (AvgIpc) is 3.03. The zero-order valence-corrected chi connectivity index (χ0v) is 14.2. The number of amides is 1. The molecule has 7 nitrogen and oxygen atoms in total. The molecule has 132 valence electrons. The molecule has 7 heteroatoms. The van der Waals surface area contributed by atoms with Crippen LogP contribution in [0.1, 0.15) is 35.5 Å². The van der Waals surface area contributed by atoms with Gasteiger partial charge in [0.25, 0.3) is 5.91 Å². The Bertz CT molecular complexity index is 781. The van der Waals surface area contributed by atoms with Crippen LogP contribution >= 0.6 is 0 Å². The summed E-state index contributed by atoms with van der Waals surface area (Å²) >= 11 is 0. The molecule has 1 N–H and O–H groups in total. The fourth-order valence-electron chi connectivity index (χ4n) is 3.02. The predicted octanol–water partition coefficient (Wildman–Crippen LogP) is 2.74. The number of ether oxygens (including phenoxy) is 1. The van der Waals surface area contributed by atoms with E-state index in [2.05, 4.69) is 4.98 Å². The van der Waals surface area contributed by atoms with Gasteiger partial charge in [-0.15, -0.1) is 0 Å². The van der Waals surface area contributed by atoms with Crippen molar-refractivity contribution in [3.63, 3.8) is 0 Å². The molecule has 0 bridgehead atoms. The Morgan fingerprint density at radius 3 is 2.64 bits per heavy atom. The number of hydrogen-bond acceptors (Lipinski definition) is 5. The molecular formula is C18H20N2O5. The monoisotopic (exact) mass is 344 g/mol. The standard InChI is InChI=1S/C18H20N2O5/c1-11-15(17(21)20-10-4-3-5-14(20)18(22)23)19-16(25-11)12-6-8-13(24-2)9-7-12/h6-9,14H,3-5,10H2,1-2H3,(H,22,23)/t14-/m0/s1. The van der Waals surface area contributed by atoms with Crippen LogP contribution in [0.15, 0.2) is 28.7 Å². The van der Waals surface area contributed by atoms with E-state index in [1.165, 1.54) is 4.90 Å². The van der Waals surface area contributed by atoms with Gasteiger partial charge < -0.3 is 19.2 Å². The SMILES string of the molecule is COc1ccc(-c2nc(C(=O)N3CCCC[C@H]3C(=O)O)c(C)o2)cc1. The van der Waals surface area contributed by atoms with Gasteiger partial charge in [0, 0.05) is 12.1 Å². The molecule has 1 fully saturated rings. The topological polar surface area (TPSA) is 92.9 Å². The second kappa shape index (κ2) is 6.96. The summed E-state index contributed by atoms with van der Waals surface area (Å²) in [5, 5.41) is 9.36. The Balaban J connectivity index is 1.88. The van der Waals surface area contributed by atoms with Crippen molar-refractivity contribution in [2.24, 2.45) is 0 Å². The van der Waals surface area contributed by atoms with E-state index in [1.807, 2.05) is 0 Å². The van der Waals surface area contributed by atoms with Crippen molar-refractivity contribution in [3.8, 4) is 17.2 Å². The summed E-state index contributed by atoms with van der Waals surface area (Å²) in [5.74, 6) is 0.0385. The number of aliphatic carboxylic acids is 1. The van der Waals surface area contributed by atoms with Gasteiger partial charge in [0.1, 0.15) is 17.6 Å². The van der Waals surface area contributed by atoms with Crippen LogP contribution in [0.4, 0.5) is 0 Å². The highest BCUT2D eigenvalue weighted by Gasteiger charge is 2.34. The Hall–Kier alpha value is -2.83. The van der Waals surface area contributed by atoms with Crippen LogP contribution in [-0.2, 0) is 4.79 Å². The van der Waals surface area contributed by atoms with Gasteiger partial charge in [-0.25, -0.2) is 9.78 Å². The van der Waals surface area contributed by atoms with Gasteiger partial charge in [0.15, 0.2) is 5.69 Å². The Kier molecular flexibility index (Phi) is 4.74. The molecule has 1 atom stereocenters. The number of methoxy groups -OCH3 is 1. The summed E-state index contributed by atoms with van der Waals surface area (Å²) in [6, 6.07) is 6.34. The van der Waals surface area contributed by atoms with Gasteiger partial charge in [0.2, 0.25) is 5.89 Å². The third kappa shape index (κ3) is 3.35. The first-order valence-corrected chi connectivity index (χ1v) is 8.17. The first-order chi connectivity index (χ1) is 12.0. The van der Waals surface area contributed by atoms with Gasteiger partial charge >= 0.3 is 5.97 Å². The summed E-state index contributed by atoms with van der Waals surface area (Å²) in [6.45, 7) is 2.08. The highest BCUT2D eigenvalue weighted by Crippen LogP contribution is 2.26. The van der Waals surface area contributed by atoms with Gasteiger partial charge in [0.05, 0.1) is 7.11 Å². The minimum atomic E-state index is -0.982. The minimum Gasteiger partial charge on any atom is -0.497 e. The van der Waals surface area contributed by atoms with E-state index < -0.39 is 17.9 Å². The number of carboxylic acids is 1. The smallest absolute Gasteiger partial charge is 0.326 e. The number of carboxylic acid groups (broad SMARTS) is 1. The van der Waals surface area contributed by atoms with E-state index >= 15 is 0 Å². The van der Waals surface area contributed by atoms with Crippen LogP contribution in [0.5, 0.6) is 5.75 Å². The largest absolute Gasteiger partial charge is 0.497 e. The number of oxazole rings is 1. The van der Waals surface area contributed by atoms with Gasteiger partial charge in [-0.1, -0.05) is 0 Å². The average molecular weight is 344 g/mol. The van der Waals surface area contributed by atoms with Gasteiger partial charge in [-0.05, 0) is 50.5 Å². The molecule has 1 aromatic carbocycles. The van der Waals surface area contributed by atoms with Gasteiger partial charge in [-0.2, -0.15) is 0 Å². The third-order valence-corrected chi connectivity index (χ3v) is 4.38. The molecule has 1 amide bonds. The van der Waals surface area contributed by atoms with Crippen LogP contribution in [0.25, 0.3) is 11.5 Å². The number of nitrogens with zero attached hydrogens (tertiary/aromatic N) is 2. The normalized spacial score (nSPS) is 17.4. The Morgan fingerprint density at radius 1 is 1.28 bits per heavy atom. The number of rotatable bonds is 4. The number of benzene rings is 1. The van der Waals surface area contributed by atoms with Crippen LogP contribution in [0, 0.1) is 6.92 Å². The van der Waals surface area contributed by atoms with Crippen LogP contribution in [0.3, 0.4) is 0 Å². The number of piperidine rings is 1. The number of aryl methyl sites for hydroxylation is 1. The maximum absolute atomic E-state index is 12.8. The van der Waals surface area contributed by atoms with Crippen molar-refractivity contribution in [2.75, 3.05) is 13.7 Å². The Labute approximate surface area is 145 Å². The highest BCUT2D eigenvalue weighted by atomic mass is 16.5. The van der Waals surface area contributed by atoms with Crippen LogP contribution in [0.2, 0.25) is 0 Å². The first-order valence-electron chi connectivity index (χ1n) is 8.17. The quantitative estimate of drug-likeness (QED) is 0.917. The van der Waals surface area contributed by atoms with E-state index in [0.717, 1.165) is 18.4 Å². The first kappa shape index (κ1) is 17.0. The van der Waals surface area contributed by atoms with E-state index in [1.54, 1.807) is 38.3 Å². The number of aromatic nitrogens is 1. The lowest BCUT2D eigenvalue weighted by Gasteiger charge is -2.32. The van der Waals surface area contributed by atoms with Crippen LogP contribution in [-0.4, -0.2) is 46.6 Å². The zero-order valence-electron chi connectivity index (χ0n) is 14.2. The number of carbonyl (C=O) groups is 2. The van der Waals surface area contributed by atoms with E-state index in [0.29, 0.717) is 30.4 Å². The number of carbonyl (C=O) groups excluding carboxylic acids is 1. The lowest BCUT2D eigenvalue weighted by Crippen LogP contribution is -2.48. The second-order valence-corrected chi connectivity index (χ2v) is 6.00.